The van der Waals surface area contributed by atoms with E-state index in [9.17, 15) is 9.90 Å². The Bertz CT molecular complexity index is 321. The molecule has 4 heteroatoms. The molecular weight excluding hydrogens is 240 g/mol. The second-order valence-corrected chi connectivity index (χ2v) is 6.30. The van der Waals surface area contributed by atoms with E-state index >= 15 is 0 Å². The number of aliphatic hydroxyl groups is 1. The van der Waals surface area contributed by atoms with Crippen LogP contribution in [0.15, 0.2) is 0 Å². The highest BCUT2D eigenvalue weighted by molar-refractivity contribution is 5.79. The minimum atomic E-state index is -0.502. The number of hydrogen-bond donors (Lipinski definition) is 2. The fourth-order valence-corrected chi connectivity index (χ4v) is 3.72. The van der Waals surface area contributed by atoms with Crippen molar-refractivity contribution in [2.45, 2.75) is 57.5 Å². The summed E-state index contributed by atoms with van der Waals surface area (Å²) in [7, 11) is 0. The Kier molecular flexibility index (Phi) is 4.85. The first-order chi connectivity index (χ1) is 9.10. The standard InChI is InChI=1S/C15H28N2O2/c1-2-5-12(10-16)14(18)17-9-8-15(19)7-4-3-6-13(15)11-17/h12-13,19H,2-11,16H2,1H3. The van der Waals surface area contributed by atoms with Gasteiger partial charge in [0.2, 0.25) is 5.91 Å². The van der Waals surface area contributed by atoms with Crippen LogP contribution in [0.3, 0.4) is 0 Å². The van der Waals surface area contributed by atoms with E-state index in [1.54, 1.807) is 0 Å². The van der Waals surface area contributed by atoms with Gasteiger partial charge in [-0.1, -0.05) is 26.2 Å². The highest BCUT2D eigenvalue weighted by Gasteiger charge is 2.44. The van der Waals surface area contributed by atoms with Crippen molar-refractivity contribution in [1.29, 1.82) is 0 Å². The first kappa shape index (κ1) is 14.8. The molecule has 2 aliphatic rings. The van der Waals surface area contributed by atoms with E-state index in [4.69, 9.17) is 5.73 Å². The lowest BCUT2D eigenvalue weighted by Gasteiger charge is -2.48. The monoisotopic (exact) mass is 268 g/mol. The second kappa shape index (κ2) is 6.23. The molecule has 19 heavy (non-hydrogen) atoms. The molecule has 0 bridgehead atoms. The number of carbonyl (C=O) groups excluding carboxylic acids is 1. The van der Waals surface area contributed by atoms with Crippen LogP contribution in [0.5, 0.6) is 0 Å². The predicted octanol–water partition coefficient (Wildman–Crippen LogP) is 1.51. The minimum absolute atomic E-state index is 0.0280. The summed E-state index contributed by atoms with van der Waals surface area (Å²) in [6.07, 6.45) is 6.89. The van der Waals surface area contributed by atoms with Crippen LogP contribution in [0.25, 0.3) is 0 Å². The Morgan fingerprint density at radius 1 is 1.47 bits per heavy atom. The fourth-order valence-electron chi connectivity index (χ4n) is 3.72. The van der Waals surface area contributed by atoms with E-state index in [1.807, 2.05) is 4.90 Å². The fraction of sp³-hybridized carbons (Fsp3) is 0.933. The summed E-state index contributed by atoms with van der Waals surface area (Å²) in [4.78, 5) is 14.4. The van der Waals surface area contributed by atoms with E-state index in [1.165, 1.54) is 6.42 Å². The van der Waals surface area contributed by atoms with Gasteiger partial charge in [-0.05, 0) is 25.7 Å². The van der Waals surface area contributed by atoms with E-state index < -0.39 is 5.60 Å². The third-order valence-corrected chi connectivity index (χ3v) is 5.01. The zero-order valence-corrected chi connectivity index (χ0v) is 12.1. The number of rotatable bonds is 4. The summed E-state index contributed by atoms with van der Waals surface area (Å²) in [5, 5.41) is 10.6. The molecule has 3 N–H and O–H groups in total. The maximum Gasteiger partial charge on any atom is 0.226 e. The molecule has 1 saturated heterocycles. The average molecular weight is 268 g/mol. The van der Waals surface area contributed by atoms with Gasteiger partial charge in [0.1, 0.15) is 0 Å². The molecule has 0 aromatic heterocycles. The van der Waals surface area contributed by atoms with Gasteiger partial charge in [0.05, 0.1) is 11.5 Å². The Morgan fingerprint density at radius 2 is 2.26 bits per heavy atom. The molecule has 2 rings (SSSR count). The number of hydrogen-bond acceptors (Lipinski definition) is 3. The quantitative estimate of drug-likeness (QED) is 0.812. The molecule has 110 valence electrons. The van der Waals surface area contributed by atoms with Crippen molar-refractivity contribution >= 4 is 5.91 Å². The lowest BCUT2D eigenvalue weighted by Crippen LogP contribution is -2.56. The van der Waals surface area contributed by atoms with Gasteiger partial charge in [-0.2, -0.15) is 0 Å². The molecular formula is C15H28N2O2. The summed E-state index contributed by atoms with van der Waals surface area (Å²) in [5.41, 5.74) is 5.23. The molecule has 0 radical (unpaired) electrons. The third kappa shape index (κ3) is 3.11. The topological polar surface area (TPSA) is 66.6 Å². The molecule has 0 aromatic carbocycles. The highest BCUT2D eigenvalue weighted by atomic mass is 16.3. The van der Waals surface area contributed by atoms with E-state index in [0.29, 0.717) is 13.1 Å². The van der Waals surface area contributed by atoms with Crippen LogP contribution in [0.1, 0.15) is 51.9 Å². The van der Waals surface area contributed by atoms with Crippen molar-refractivity contribution in [3.05, 3.63) is 0 Å². The summed E-state index contributed by atoms with van der Waals surface area (Å²) in [5.74, 6) is 0.454. The van der Waals surface area contributed by atoms with E-state index in [2.05, 4.69) is 6.92 Å². The molecule has 0 spiro atoms. The van der Waals surface area contributed by atoms with Gasteiger partial charge in [0, 0.05) is 25.6 Å². The number of carbonyl (C=O) groups is 1. The minimum Gasteiger partial charge on any atom is -0.389 e. The Morgan fingerprint density at radius 3 is 2.95 bits per heavy atom. The van der Waals surface area contributed by atoms with Crippen LogP contribution in [-0.4, -0.2) is 41.1 Å². The first-order valence-electron chi connectivity index (χ1n) is 7.82. The van der Waals surface area contributed by atoms with Crippen LogP contribution < -0.4 is 5.73 Å². The molecule has 1 amide bonds. The Balaban J connectivity index is 1.98. The van der Waals surface area contributed by atoms with Crippen molar-refractivity contribution in [1.82, 2.24) is 4.90 Å². The van der Waals surface area contributed by atoms with Crippen LogP contribution >= 0.6 is 0 Å². The predicted molar refractivity (Wildman–Crippen MR) is 75.6 cm³/mol. The number of nitrogens with two attached hydrogens (primary N) is 1. The lowest BCUT2D eigenvalue weighted by molar-refractivity contribution is -0.147. The highest BCUT2D eigenvalue weighted by Crippen LogP contribution is 2.40. The summed E-state index contributed by atoms with van der Waals surface area (Å²) in [6, 6.07) is 0. The third-order valence-electron chi connectivity index (χ3n) is 5.01. The number of likely N-dealkylation sites (tertiary alicyclic amines) is 1. The molecule has 0 aromatic rings. The van der Waals surface area contributed by atoms with Crippen LogP contribution in [0.4, 0.5) is 0 Å². The van der Waals surface area contributed by atoms with E-state index in [0.717, 1.165) is 45.1 Å². The molecule has 1 aliphatic carbocycles. The zero-order chi connectivity index (χ0) is 13.9. The Hall–Kier alpha value is -0.610. The van der Waals surface area contributed by atoms with Gasteiger partial charge < -0.3 is 15.7 Å². The largest absolute Gasteiger partial charge is 0.389 e. The average Bonchev–Trinajstić information content (AvgIpc) is 2.43. The van der Waals surface area contributed by atoms with Crippen LogP contribution in [-0.2, 0) is 4.79 Å². The smallest absolute Gasteiger partial charge is 0.226 e. The van der Waals surface area contributed by atoms with Crippen LogP contribution in [0, 0.1) is 11.8 Å². The maximum absolute atomic E-state index is 12.5. The van der Waals surface area contributed by atoms with Crippen molar-refractivity contribution in [3.63, 3.8) is 0 Å². The molecule has 1 heterocycles. The number of fused-ring (bicyclic) bond motifs is 1. The van der Waals surface area contributed by atoms with Gasteiger partial charge >= 0.3 is 0 Å². The van der Waals surface area contributed by atoms with Crippen molar-refractivity contribution in [3.8, 4) is 0 Å². The zero-order valence-electron chi connectivity index (χ0n) is 12.1. The normalized spacial score (nSPS) is 32.8. The molecule has 3 unspecified atom stereocenters. The van der Waals surface area contributed by atoms with Crippen LogP contribution in [0.2, 0.25) is 0 Å². The number of piperidine rings is 1. The molecule has 3 atom stereocenters. The first-order valence-corrected chi connectivity index (χ1v) is 7.82. The number of amides is 1. The van der Waals surface area contributed by atoms with Gasteiger partial charge in [0.25, 0.3) is 0 Å². The van der Waals surface area contributed by atoms with Crippen molar-refractivity contribution < 1.29 is 9.90 Å². The summed E-state index contributed by atoms with van der Waals surface area (Å²) < 4.78 is 0. The van der Waals surface area contributed by atoms with Gasteiger partial charge in [-0.15, -0.1) is 0 Å². The van der Waals surface area contributed by atoms with Crippen molar-refractivity contribution in [2.24, 2.45) is 17.6 Å². The summed E-state index contributed by atoms with van der Waals surface area (Å²) >= 11 is 0. The molecule has 4 nitrogen and oxygen atoms in total. The Labute approximate surface area is 116 Å². The van der Waals surface area contributed by atoms with Gasteiger partial charge in [-0.3, -0.25) is 4.79 Å². The summed E-state index contributed by atoms with van der Waals surface area (Å²) in [6.45, 7) is 3.96. The van der Waals surface area contributed by atoms with Crippen molar-refractivity contribution in [2.75, 3.05) is 19.6 Å². The molecule has 1 saturated carbocycles. The molecule has 1 aliphatic heterocycles. The number of nitrogens with zero attached hydrogens (tertiary/aromatic N) is 1. The SMILES string of the molecule is CCCC(CN)C(=O)N1CCC2(O)CCCCC2C1. The lowest BCUT2D eigenvalue weighted by atomic mass is 9.71. The van der Waals surface area contributed by atoms with E-state index in [-0.39, 0.29) is 17.7 Å². The molecule has 2 fully saturated rings. The van der Waals surface area contributed by atoms with Gasteiger partial charge in [-0.25, -0.2) is 0 Å². The van der Waals surface area contributed by atoms with Gasteiger partial charge in [0.15, 0.2) is 0 Å². The maximum atomic E-state index is 12.5. The second-order valence-electron chi connectivity index (χ2n) is 6.30.